The maximum absolute atomic E-state index is 12.1. The molecule has 1 aliphatic heterocycles. The summed E-state index contributed by atoms with van der Waals surface area (Å²) in [5, 5.41) is 11.7. The molecule has 0 radical (unpaired) electrons. The summed E-state index contributed by atoms with van der Waals surface area (Å²) in [6, 6.07) is 9.19. The van der Waals surface area contributed by atoms with Crippen LogP contribution in [-0.4, -0.2) is 39.8 Å². The number of carbonyl (C=O) groups excluding carboxylic acids is 1. The SMILES string of the molecule is CC1(C)CC(OCC(=O)c2ccccc2)CC(C)(C)N1O. The van der Waals surface area contributed by atoms with Crippen LogP contribution in [0.2, 0.25) is 0 Å². The van der Waals surface area contributed by atoms with Crippen LogP contribution in [0.4, 0.5) is 0 Å². The molecule has 0 unspecified atom stereocenters. The Hall–Kier alpha value is -1.23. The molecule has 1 aromatic rings. The molecule has 1 heterocycles. The predicted octanol–water partition coefficient (Wildman–Crippen LogP) is 3.30. The van der Waals surface area contributed by atoms with Crippen molar-refractivity contribution in [1.29, 1.82) is 0 Å². The average Bonchev–Trinajstić information content (AvgIpc) is 2.42. The molecular formula is C17H25NO3. The smallest absolute Gasteiger partial charge is 0.188 e. The van der Waals surface area contributed by atoms with Crippen molar-refractivity contribution in [3.05, 3.63) is 35.9 Å². The zero-order chi connectivity index (χ0) is 15.7. The lowest BCUT2D eigenvalue weighted by atomic mass is 9.80. The number of ketones is 1. The molecule has 1 aliphatic rings. The minimum absolute atomic E-state index is 0.00218. The van der Waals surface area contributed by atoms with Crippen LogP contribution < -0.4 is 0 Å². The molecule has 1 aromatic carbocycles. The van der Waals surface area contributed by atoms with Gasteiger partial charge >= 0.3 is 0 Å². The number of hydrogen-bond donors (Lipinski definition) is 1. The fraction of sp³-hybridized carbons (Fsp3) is 0.588. The Kier molecular flexibility index (Phi) is 4.51. The van der Waals surface area contributed by atoms with Crippen LogP contribution in [0.15, 0.2) is 30.3 Å². The van der Waals surface area contributed by atoms with E-state index in [2.05, 4.69) is 0 Å². The van der Waals surface area contributed by atoms with Crippen molar-refractivity contribution in [3.63, 3.8) is 0 Å². The molecule has 4 nitrogen and oxygen atoms in total. The van der Waals surface area contributed by atoms with E-state index in [0.29, 0.717) is 18.4 Å². The first-order chi connectivity index (χ1) is 9.72. The maximum atomic E-state index is 12.1. The van der Waals surface area contributed by atoms with Gasteiger partial charge in [-0.3, -0.25) is 4.79 Å². The van der Waals surface area contributed by atoms with Crippen LogP contribution in [0.3, 0.4) is 0 Å². The van der Waals surface area contributed by atoms with Crippen molar-refractivity contribution in [1.82, 2.24) is 5.06 Å². The van der Waals surface area contributed by atoms with Crippen molar-refractivity contribution < 1.29 is 14.7 Å². The lowest BCUT2D eigenvalue weighted by molar-refractivity contribution is -0.260. The maximum Gasteiger partial charge on any atom is 0.188 e. The Morgan fingerprint density at radius 1 is 1.19 bits per heavy atom. The van der Waals surface area contributed by atoms with Crippen molar-refractivity contribution in [2.24, 2.45) is 0 Å². The molecule has 0 atom stereocenters. The van der Waals surface area contributed by atoms with Crippen molar-refractivity contribution in [2.75, 3.05) is 6.61 Å². The Morgan fingerprint density at radius 3 is 2.24 bits per heavy atom. The first-order valence-corrected chi connectivity index (χ1v) is 7.41. The number of hydrogen-bond acceptors (Lipinski definition) is 4. The summed E-state index contributed by atoms with van der Waals surface area (Å²) in [7, 11) is 0. The van der Waals surface area contributed by atoms with Gasteiger partial charge in [0.15, 0.2) is 5.78 Å². The molecule has 0 saturated carbocycles. The highest BCUT2D eigenvalue weighted by Crippen LogP contribution is 2.37. The fourth-order valence-electron chi connectivity index (χ4n) is 3.20. The van der Waals surface area contributed by atoms with Gasteiger partial charge in [0.2, 0.25) is 0 Å². The van der Waals surface area contributed by atoms with Crippen molar-refractivity contribution >= 4 is 5.78 Å². The highest BCUT2D eigenvalue weighted by Gasteiger charge is 2.45. The highest BCUT2D eigenvalue weighted by atomic mass is 16.5. The van der Waals surface area contributed by atoms with Gasteiger partial charge in [0.25, 0.3) is 0 Å². The first-order valence-electron chi connectivity index (χ1n) is 7.41. The molecular weight excluding hydrogens is 266 g/mol. The lowest BCUT2D eigenvalue weighted by Crippen LogP contribution is -2.60. The number of ether oxygens (including phenoxy) is 1. The zero-order valence-electron chi connectivity index (χ0n) is 13.3. The summed E-state index contributed by atoms with van der Waals surface area (Å²) < 4.78 is 5.83. The standard InChI is InChI=1S/C17H25NO3/c1-16(2)10-14(11-17(3,4)18(16)20)21-12-15(19)13-8-6-5-7-9-13/h5-9,14,20H,10-12H2,1-4H3. The van der Waals surface area contributed by atoms with E-state index in [1.54, 1.807) is 12.1 Å². The number of hydroxylamine groups is 2. The topological polar surface area (TPSA) is 49.8 Å². The van der Waals surface area contributed by atoms with Crippen LogP contribution in [0.5, 0.6) is 0 Å². The molecule has 21 heavy (non-hydrogen) atoms. The number of benzene rings is 1. The van der Waals surface area contributed by atoms with Crippen molar-refractivity contribution in [2.45, 2.75) is 57.7 Å². The second-order valence-corrected chi connectivity index (χ2v) is 7.07. The molecule has 2 rings (SSSR count). The van der Waals surface area contributed by atoms with Gasteiger partial charge in [0, 0.05) is 16.6 Å². The lowest BCUT2D eigenvalue weighted by Gasteiger charge is -2.51. The van der Waals surface area contributed by atoms with E-state index in [1.807, 2.05) is 45.9 Å². The Morgan fingerprint density at radius 2 is 1.71 bits per heavy atom. The van der Waals surface area contributed by atoms with E-state index in [9.17, 15) is 10.0 Å². The molecule has 1 saturated heterocycles. The number of nitrogens with zero attached hydrogens (tertiary/aromatic N) is 1. The van der Waals surface area contributed by atoms with E-state index in [4.69, 9.17) is 4.74 Å². The van der Waals surface area contributed by atoms with Crippen LogP contribution in [0.1, 0.15) is 50.9 Å². The second-order valence-electron chi connectivity index (χ2n) is 7.07. The first kappa shape index (κ1) is 16.1. The Balaban J connectivity index is 1.96. The minimum Gasteiger partial charge on any atom is -0.370 e. The van der Waals surface area contributed by atoms with E-state index in [-0.39, 0.29) is 29.6 Å². The molecule has 1 fully saturated rings. The van der Waals surface area contributed by atoms with Gasteiger partial charge in [-0.05, 0) is 40.5 Å². The van der Waals surface area contributed by atoms with Gasteiger partial charge in [-0.25, -0.2) is 0 Å². The minimum atomic E-state index is -0.359. The van der Waals surface area contributed by atoms with Crippen LogP contribution in [0.25, 0.3) is 0 Å². The second kappa shape index (κ2) is 5.87. The van der Waals surface area contributed by atoms with Gasteiger partial charge in [-0.1, -0.05) is 30.3 Å². The van der Waals surface area contributed by atoms with Crippen LogP contribution in [-0.2, 0) is 4.74 Å². The predicted molar refractivity (Wildman–Crippen MR) is 81.5 cm³/mol. The molecule has 0 aliphatic carbocycles. The van der Waals surface area contributed by atoms with E-state index < -0.39 is 0 Å². The van der Waals surface area contributed by atoms with Gasteiger partial charge < -0.3 is 9.94 Å². The fourth-order valence-corrected chi connectivity index (χ4v) is 3.20. The molecule has 1 N–H and O–H groups in total. The molecule has 4 heteroatoms. The van der Waals surface area contributed by atoms with E-state index >= 15 is 0 Å². The highest BCUT2D eigenvalue weighted by molar-refractivity contribution is 5.97. The third-order valence-corrected chi connectivity index (χ3v) is 4.15. The molecule has 0 amide bonds. The largest absolute Gasteiger partial charge is 0.370 e. The van der Waals surface area contributed by atoms with Gasteiger partial charge in [0.05, 0.1) is 6.10 Å². The monoisotopic (exact) mass is 291 g/mol. The number of Topliss-reactive ketones (excluding diaryl/α,β-unsaturated/α-hetero) is 1. The number of carbonyl (C=O) groups is 1. The third kappa shape index (κ3) is 3.70. The molecule has 0 bridgehead atoms. The summed E-state index contributed by atoms with van der Waals surface area (Å²) in [6.45, 7) is 8.05. The number of rotatable bonds is 4. The summed E-state index contributed by atoms with van der Waals surface area (Å²) in [4.78, 5) is 12.1. The Bertz CT molecular complexity index is 478. The van der Waals surface area contributed by atoms with Crippen molar-refractivity contribution in [3.8, 4) is 0 Å². The number of piperidine rings is 1. The quantitative estimate of drug-likeness (QED) is 0.865. The zero-order valence-corrected chi connectivity index (χ0v) is 13.3. The van der Waals surface area contributed by atoms with E-state index in [1.165, 1.54) is 5.06 Å². The molecule has 116 valence electrons. The summed E-state index contributed by atoms with van der Waals surface area (Å²) in [6.07, 6.45) is 1.38. The third-order valence-electron chi connectivity index (χ3n) is 4.15. The van der Waals surface area contributed by atoms with Gasteiger partial charge in [0.1, 0.15) is 6.61 Å². The normalized spacial score (nSPS) is 22.1. The van der Waals surface area contributed by atoms with Crippen LogP contribution >= 0.6 is 0 Å². The Labute approximate surface area is 126 Å². The summed E-state index contributed by atoms with van der Waals surface area (Å²) >= 11 is 0. The molecule has 0 aromatic heterocycles. The molecule has 0 spiro atoms. The summed E-state index contributed by atoms with van der Waals surface area (Å²) in [5.41, 5.74) is -0.0413. The van der Waals surface area contributed by atoms with E-state index in [0.717, 1.165) is 0 Å². The summed E-state index contributed by atoms with van der Waals surface area (Å²) in [5.74, 6) is -0.00218. The average molecular weight is 291 g/mol. The van der Waals surface area contributed by atoms with Gasteiger partial charge in [-0.15, -0.1) is 0 Å². The van der Waals surface area contributed by atoms with Gasteiger partial charge in [-0.2, -0.15) is 5.06 Å². The van der Waals surface area contributed by atoms with Crippen LogP contribution in [0, 0.1) is 0 Å².